The van der Waals surface area contributed by atoms with E-state index in [1.54, 1.807) is 12.4 Å². The Bertz CT molecular complexity index is 139. The minimum atomic E-state index is 0. The first-order valence-corrected chi connectivity index (χ1v) is 3.17. The number of pyridine rings is 1. The average molecular weight is 208 g/mol. The molecule has 0 saturated heterocycles. The molecule has 0 bridgehead atoms. The van der Waals surface area contributed by atoms with Crippen molar-refractivity contribution in [2.45, 2.75) is 20.8 Å². The van der Waals surface area contributed by atoms with Crippen LogP contribution in [0, 0.1) is 13.0 Å². The van der Waals surface area contributed by atoms with Gasteiger partial charge in [0.05, 0.1) is 0 Å². The molecule has 1 aromatic rings. The minimum absolute atomic E-state index is 0. The maximum atomic E-state index is 3.83. The van der Waals surface area contributed by atoms with Crippen LogP contribution in [0.4, 0.5) is 0 Å². The number of hydrogen-bond acceptors (Lipinski definition) is 1. The molecule has 0 amide bonds. The summed E-state index contributed by atoms with van der Waals surface area (Å²) in [6.45, 7) is 5.99. The Kier molecular flexibility index (Phi) is 13.5. The van der Waals surface area contributed by atoms with E-state index in [0.29, 0.717) is 0 Å². The number of aromatic nitrogens is 1. The molecule has 0 saturated carbocycles. The number of hydrogen-bond donors (Lipinski definition) is 0. The van der Waals surface area contributed by atoms with Gasteiger partial charge in [0.25, 0.3) is 0 Å². The Hall–Kier alpha value is 0.955. The van der Waals surface area contributed by atoms with E-state index in [0.717, 1.165) is 5.56 Å². The van der Waals surface area contributed by atoms with Gasteiger partial charge in [-0.2, -0.15) is 5.56 Å². The fourth-order valence-electron chi connectivity index (χ4n) is 0.404. The van der Waals surface area contributed by atoms with E-state index in [2.05, 4.69) is 11.1 Å². The molecule has 1 rings (SSSR count). The van der Waals surface area contributed by atoms with E-state index in [-0.39, 0.29) is 58.2 Å². The first-order valence-electron chi connectivity index (χ1n) is 3.17. The maximum absolute atomic E-state index is 3.83. The summed E-state index contributed by atoms with van der Waals surface area (Å²) in [5, 5.41) is 0. The van der Waals surface area contributed by atoms with E-state index in [4.69, 9.17) is 0 Å². The molecule has 0 aromatic carbocycles. The Morgan fingerprint density at radius 1 is 1.40 bits per heavy atom. The van der Waals surface area contributed by atoms with Gasteiger partial charge in [-0.25, -0.2) is 12.1 Å². The second-order valence-electron chi connectivity index (χ2n) is 1.46. The summed E-state index contributed by atoms with van der Waals surface area (Å²) in [6.07, 6.45) is 3.45. The van der Waals surface area contributed by atoms with Crippen molar-refractivity contribution in [1.82, 2.24) is 4.98 Å². The molecule has 1 nitrogen and oxygen atoms in total. The van der Waals surface area contributed by atoms with Crippen molar-refractivity contribution >= 4 is 0 Å². The number of nitrogens with zero attached hydrogens (tertiary/aromatic N) is 1. The summed E-state index contributed by atoms with van der Waals surface area (Å²) in [5.41, 5.74) is 1.16. The molecular formula is C8H12NRb. The minimum Gasteiger partial charge on any atom is -0.304 e. The third-order valence-corrected chi connectivity index (χ3v) is 0.738. The van der Waals surface area contributed by atoms with Gasteiger partial charge < -0.3 is 4.98 Å². The van der Waals surface area contributed by atoms with Gasteiger partial charge in [-0.05, 0) is 0 Å². The van der Waals surface area contributed by atoms with Gasteiger partial charge in [0, 0.05) is 0 Å². The van der Waals surface area contributed by atoms with Gasteiger partial charge >= 0.3 is 58.2 Å². The molecule has 0 aliphatic rings. The predicted molar refractivity (Wildman–Crippen MR) is 39.2 cm³/mol. The molecule has 10 heavy (non-hydrogen) atoms. The summed E-state index contributed by atoms with van der Waals surface area (Å²) in [5.74, 6) is 0. The van der Waals surface area contributed by atoms with Crippen molar-refractivity contribution in [2.75, 3.05) is 0 Å². The Morgan fingerprint density at radius 3 is 2.20 bits per heavy atom. The third-order valence-electron chi connectivity index (χ3n) is 0.738. The smallest absolute Gasteiger partial charge is 0.304 e. The molecule has 0 N–H and O–H groups in total. The summed E-state index contributed by atoms with van der Waals surface area (Å²) in [7, 11) is 0. The molecule has 2 heteroatoms. The van der Waals surface area contributed by atoms with Crippen LogP contribution in [0.25, 0.3) is 0 Å². The van der Waals surface area contributed by atoms with Crippen LogP contribution in [0.2, 0.25) is 0 Å². The third kappa shape index (κ3) is 7.07. The van der Waals surface area contributed by atoms with E-state index in [1.807, 2.05) is 26.8 Å². The van der Waals surface area contributed by atoms with Gasteiger partial charge in [-0.15, -0.1) is 6.92 Å². The molecule has 0 aliphatic heterocycles. The van der Waals surface area contributed by atoms with Crippen LogP contribution < -0.4 is 58.2 Å². The summed E-state index contributed by atoms with van der Waals surface area (Å²) in [6, 6.07) is 4.75. The van der Waals surface area contributed by atoms with Crippen molar-refractivity contribution in [2.24, 2.45) is 0 Å². The van der Waals surface area contributed by atoms with E-state index in [1.165, 1.54) is 0 Å². The molecule has 1 aromatic heterocycles. The summed E-state index contributed by atoms with van der Waals surface area (Å²) in [4.78, 5) is 3.83. The van der Waals surface area contributed by atoms with Crippen molar-refractivity contribution in [3.8, 4) is 0 Å². The number of rotatable bonds is 0. The molecule has 1 heterocycles. The molecule has 0 atom stereocenters. The van der Waals surface area contributed by atoms with Crippen LogP contribution in [0.5, 0.6) is 0 Å². The monoisotopic (exact) mass is 207 g/mol. The van der Waals surface area contributed by atoms with Crippen molar-refractivity contribution in [1.29, 1.82) is 0 Å². The molecule has 0 aliphatic carbocycles. The Morgan fingerprint density at radius 2 is 2.00 bits per heavy atom. The van der Waals surface area contributed by atoms with Crippen molar-refractivity contribution in [3.05, 3.63) is 30.1 Å². The fraction of sp³-hybridized carbons (Fsp3) is 0.375. The standard InChI is InChI=1S/C6H6N.C2H6.Rb/c1-6-3-2-4-7-5-6;1-2;/h3-5H,1H3;1-2H3;/q-1;;+1. The van der Waals surface area contributed by atoms with Gasteiger partial charge in [0.1, 0.15) is 0 Å². The normalized spacial score (nSPS) is 6.70. The van der Waals surface area contributed by atoms with Gasteiger partial charge in [0.15, 0.2) is 0 Å². The molecule has 0 unspecified atom stereocenters. The molecule has 50 valence electrons. The van der Waals surface area contributed by atoms with Crippen LogP contribution in [0.1, 0.15) is 19.4 Å². The maximum Gasteiger partial charge on any atom is 1.00 e. The summed E-state index contributed by atoms with van der Waals surface area (Å²) < 4.78 is 0. The predicted octanol–water partition coefficient (Wildman–Crippen LogP) is -0.780. The SMILES string of the molecule is CC.Cc1c[c-]cnc1.[Rb+]. The largest absolute Gasteiger partial charge is 1.00 e. The zero-order valence-electron chi connectivity index (χ0n) is 7.18. The Balaban J connectivity index is 0. The second-order valence-corrected chi connectivity index (χ2v) is 1.46. The zero-order chi connectivity index (χ0) is 7.11. The van der Waals surface area contributed by atoms with Crippen LogP contribution >= 0.6 is 0 Å². The molecule has 0 radical (unpaired) electrons. The second kappa shape index (κ2) is 9.96. The van der Waals surface area contributed by atoms with Gasteiger partial charge in [-0.3, -0.25) is 0 Å². The van der Waals surface area contributed by atoms with Crippen LogP contribution in [-0.4, -0.2) is 4.98 Å². The Labute approximate surface area is 112 Å². The molecule has 0 fully saturated rings. The first kappa shape index (κ1) is 13.5. The molecule has 0 spiro atoms. The van der Waals surface area contributed by atoms with Crippen molar-refractivity contribution in [3.63, 3.8) is 0 Å². The van der Waals surface area contributed by atoms with Crippen LogP contribution in [-0.2, 0) is 0 Å². The van der Waals surface area contributed by atoms with Gasteiger partial charge in [0.2, 0.25) is 0 Å². The first-order chi connectivity index (χ1) is 4.39. The quantitative estimate of drug-likeness (QED) is 0.509. The van der Waals surface area contributed by atoms with Gasteiger partial charge in [-0.1, -0.05) is 26.2 Å². The zero-order valence-corrected chi connectivity index (χ0v) is 12.1. The average Bonchev–Trinajstić information content (AvgIpc) is 1.94. The van der Waals surface area contributed by atoms with E-state index < -0.39 is 0 Å². The number of aryl methyl sites for hydroxylation is 1. The van der Waals surface area contributed by atoms with E-state index in [9.17, 15) is 0 Å². The van der Waals surface area contributed by atoms with Crippen molar-refractivity contribution < 1.29 is 58.2 Å². The summed E-state index contributed by atoms with van der Waals surface area (Å²) >= 11 is 0. The van der Waals surface area contributed by atoms with Crippen LogP contribution in [0.15, 0.2) is 18.5 Å². The topological polar surface area (TPSA) is 12.9 Å². The van der Waals surface area contributed by atoms with Crippen LogP contribution in [0.3, 0.4) is 0 Å². The molecular weight excluding hydrogens is 196 g/mol. The fourth-order valence-corrected chi connectivity index (χ4v) is 0.404. The van der Waals surface area contributed by atoms with E-state index >= 15 is 0 Å².